The molecule has 1 aliphatic rings. The first-order chi connectivity index (χ1) is 14.1. The molecule has 2 heterocycles. The van der Waals surface area contributed by atoms with E-state index in [4.69, 9.17) is 27.7 Å². The third kappa shape index (κ3) is 4.96. The topological polar surface area (TPSA) is 71.3 Å². The van der Waals surface area contributed by atoms with Gasteiger partial charge in [0.05, 0.1) is 17.3 Å². The summed E-state index contributed by atoms with van der Waals surface area (Å²) in [6.07, 6.45) is 1.54. The quantitative estimate of drug-likeness (QED) is 0.623. The minimum atomic E-state index is -0.0350. The van der Waals surface area contributed by atoms with Crippen LogP contribution in [0.4, 0.5) is 5.69 Å². The van der Waals surface area contributed by atoms with Gasteiger partial charge in [0.2, 0.25) is 17.6 Å². The first kappa shape index (κ1) is 19.9. The number of likely N-dealkylation sites (tertiary alicyclic amines) is 1. The average Bonchev–Trinajstić information content (AvgIpc) is 3.19. The SMILES string of the molecule is O=C(Nc1ccccc1Cl)C1CCN(Cc2nc(-c3cccc(Cl)c3)no2)CC1. The Labute approximate surface area is 178 Å². The molecule has 1 N–H and O–H groups in total. The van der Waals surface area contributed by atoms with E-state index in [9.17, 15) is 4.79 Å². The predicted octanol–water partition coefficient (Wildman–Crippen LogP) is 4.89. The summed E-state index contributed by atoms with van der Waals surface area (Å²) in [7, 11) is 0. The van der Waals surface area contributed by atoms with Crippen molar-refractivity contribution in [3.05, 3.63) is 64.5 Å². The summed E-state index contributed by atoms with van der Waals surface area (Å²) in [6.45, 7) is 2.14. The van der Waals surface area contributed by atoms with Crippen LogP contribution >= 0.6 is 23.2 Å². The van der Waals surface area contributed by atoms with E-state index in [2.05, 4.69) is 20.4 Å². The van der Waals surface area contributed by atoms with E-state index < -0.39 is 0 Å². The van der Waals surface area contributed by atoms with Crippen molar-refractivity contribution in [2.45, 2.75) is 19.4 Å². The van der Waals surface area contributed by atoms with Gasteiger partial charge in [-0.15, -0.1) is 0 Å². The molecular formula is C21H20Cl2N4O2. The highest BCUT2D eigenvalue weighted by Gasteiger charge is 2.26. The molecule has 0 aliphatic carbocycles. The molecular weight excluding hydrogens is 411 g/mol. The van der Waals surface area contributed by atoms with Gasteiger partial charge in [-0.25, -0.2) is 0 Å². The first-order valence-electron chi connectivity index (χ1n) is 9.45. The number of aromatic nitrogens is 2. The second-order valence-electron chi connectivity index (χ2n) is 7.04. The molecule has 0 radical (unpaired) electrons. The Kier molecular flexibility index (Phi) is 6.13. The third-order valence-electron chi connectivity index (χ3n) is 5.00. The molecule has 0 spiro atoms. The highest BCUT2D eigenvalue weighted by Crippen LogP contribution is 2.25. The molecule has 0 saturated carbocycles. The van der Waals surface area contributed by atoms with Crippen LogP contribution in [0.2, 0.25) is 10.0 Å². The highest BCUT2D eigenvalue weighted by molar-refractivity contribution is 6.33. The van der Waals surface area contributed by atoms with Crippen molar-refractivity contribution in [1.82, 2.24) is 15.0 Å². The fraction of sp³-hybridized carbons (Fsp3) is 0.286. The molecule has 0 bridgehead atoms. The van der Waals surface area contributed by atoms with Gasteiger partial charge in [-0.3, -0.25) is 9.69 Å². The van der Waals surface area contributed by atoms with Crippen LogP contribution < -0.4 is 5.32 Å². The Balaban J connectivity index is 1.30. The van der Waals surface area contributed by atoms with Crippen molar-refractivity contribution in [2.75, 3.05) is 18.4 Å². The summed E-state index contributed by atoms with van der Waals surface area (Å²) in [4.78, 5) is 19.2. The number of rotatable bonds is 5. The predicted molar refractivity (Wildman–Crippen MR) is 113 cm³/mol. The number of para-hydroxylation sites is 1. The van der Waals surface area contributed by atoms with Gasteiger partial charge in [-0.1, -0.05) is 52.6 Å². The van der Waals surface area contributed by atoms with Crippen molar-refractivity contribution >= 4 is 34.8 Å². The zero-order valence-corrected chi connectivity index (χ0v) is 17.2. The molecule has 0 unspecified atom stereocenters. The van der Waals surface area contributed by atoms with E-state index in [1.807, 2.05) is 30.3 Å². The standard InChI is InChI=1S/C21H20Cl2N4O2/c22-16-5-3-4-15(12-16)20-25-19(29-26-20)13-27-10-8-14(9-11-27)21(28)24-18-7-2-1-6-17(18)23/h1-7,12,14H,8-11,13H2,(H,24,28). The minimum Gasteiger partial charge on any atom is -0.338 e. The molecule has 1 aromatic heterocycles. The maximum Gasteiger partial charge on any atom is 0.241 e. The normalized spacial score (nSPS) is 15.4. The third-order valence-corrected chi connectivity index (χ3v) is 5.56. The van der Waals surface area contributed by atoms with Crippen LogP contribution in [0.1, 0.15) is 18.7 Å². The summed E-state index contributed by atoms with van der Waals surface area (Å²) in [6, 6.07) is 14.6. The van der Waals surface area contributed by atoms with Crippen LogP contribution in [0.15, 0.2) is 53.1 Å². The lowest BCUT2D eigenvalue weighted by Crippen LogP contribution is -2.37. The number of hydrogen-bond donors (Lipinski definition) is 1. The summed E-state index contributed by atoms with van der Waals surface area (Å²) in [5.41, 5.74) is 1.48. The number of anilines is 1. The summed E-state index contributed by atoms with van der Waals surface area (Å²) in [5, 5.41) is 8.15. The molecule has 1 amide bonds. The number of piperidine rings is 1. The Morgan fingerprint density at radius 2 is 1.93 bits per heavy atom. The number of amides is 1. The monoisotopic (exact) mass is 430 g/mol. The van der Waals surface area contributed by atoms with Gasteiger partial charge in [0.15, 0.2) is 0 Å². The maximum absolute atomic E-state index is 12.5. The second-order valence-corrected chi connectivity index (χ2v) is 7.89. The fourth-order valence-electron chi connectivity index (χ4n) is 3.41. The van der Waals surface area contributed by atoms with Crippen LogP contribution in [0.25, 0.3) is 11.4 Å². The zero-order chi connectivity index (χ0) is 20.2. The Morgan fingerprint density at radius 3 is 2.69 bits per heavy atom. The first-order valence-corrected chi connectivity index (χ1v) is 10.2. The summed E-state index contributed by atoms with van der Waals surface area (Å²) in [5.74, 6) is 1.06. The van der Waals surface area contributed by atoms with Crippen LogP contribution in [-0.2, 0) is 11.3 Å². The van der Waals surface area contributed by atoms with Crippen molar-refractivity contribution in [1.29, 1.82) is 0 Å². The molecule has 6 nitrogen and oxygen atoms in total. The van der Waals surface area contributed by atoms with Gasteiger partial charge >= 0.3 is 0 Å². The number of carbonyl (C=O) groups is 1. The van der Waals surface area contributed by atoms with E-state index in [-0.39, 0.29) is 11.8 Å². The molecule has 2 aromatic carbocycles. The number of benzene rings is 2. The Hall–Kier alpha value is -2.41. The lowest BCUT2D eigenvalue weighted by molar-refractivity contribution is -0.121. The number of nitrogens with one attached hydrogen (secondary N) is 1. The minimum absolute atomic E-state index is 0.0128. The lowest BCUT2D eigenvalue weighted by Gasteiger charge is -2.30. The van der Waals surface area contributed by atoms with Crippen LogP contribution in [-0.4, -0.2) is 34.0 Å². The van der Waals surface area contributed by atoms with E-state index in [0.29, 0.717) is 34.0 Å². The second kappa shape index (κ2) is 8.95. The number of carbonyl (C=O) groups excluding carboxylic acids is 1. The van der Waals surface area contributed by atoms with Gasteiger partial charge in [-0.05, 0) is 50.2 Å². The molecule has 4 rings (SSSR count). The largest absolute Gasteiger partial charge is 0.338 e. The summed E-state index contributed by atoms with van der Waals surface area (Å²) >= 11 is 12.1. The van der Waals surface area contributed by atoms with Crippen molar-refractivity contribution in [3.63, 3.8) is 0 Å². The van der Waals surface area contributed by atoms with Gasteiger partial charge in [-0.2, -0.15) is 4.98 Å². The van der Waals surface area contributed by atoms with E-state index in [1.54, 1.807) is 18.2 Å². The van der Waals surface area contributed by atoms with Gasteiger partial charge in [0.1, 0.15) is 0 Å². The van der Waals surface area contributed by atoms with Crippen molar-refractivity contribution in [3.8, 4) is 11.4 Å². The van der Waals surface area contributed by atoms with Crippen molar-refractivity contribution in [2.24, 2.45) is 5.92 Å². The summed E-state index contributed by atoms with van der Waals surface area (Å²) < 4.78 is 5.39. The van der Waals surface area contributed by atoms with Gasteiger partial charge in [0.25, 0.3) is 0 Å². The zero-order valence-electron chi connectivity index (χ0n) is 15.6. The molecule has 1 fully saturated rings. The number of hydrogen-bond acceptors (Lipinski definition) is 5. The van der Waals surface area contributed by atoms with E-state index in [0.717, 1.165) is 31.5 Å². The highest BCUT2D eigenvalue weighted by atomic mass is 35.5. The van der Waals surface area contributed by atoms with Crippen LogP contribution in [0.5, 0.6) is 0 Å². The van der Waals surface area contributed by atoms with E-state index in [1.165, 1.54) is 0 Å². The van der Waals surface area contributed by atoms with E-state index >= 15 is 0 Å². The maximum atomic E-state index is 12.5. The average molecular weight is 431 g/mol. The molecule has 150 valence electrons. The fourth-order valence-corrected chi connectivity index (χ4v) is 3.78. The molecule has 0 atom stereocenters. The van der Waals surface area contributed by atoms with Gasteiger partial charge in [0, 0.05) is 16.5 Å². The Morgan fingerprint density at radius 1 is 1.14 bits per heavy atom. The van der Waals surface area contributed by atoms with Crippen LogP contribution in [0.3, 0.4) is 0 Å². The molecule has 8 heteroatoms. The van der Waals surface area contributed by atoms with Crippen LogP contribution in [0, 0.1) is 5.92 Å². The number of nitrogens with zero attached hydrogens (tertiary/aromatic N) is 3. The van der Waals surface area contributed by atoms with Crippen molar-refractivity contribution < 1.29 is 9.32 Å². The molecule has 1 saturated heterocycles. The smallest absolute Gasteiger partial charge is 0.241 e. The Bertz CT molecular complexity index is 1000. The van der Waals surface area contributed by atoms with Gasteiger partial charge < -0.3 is 9.84 Å². The lowest BCUT2D eigenvalue weighted by atomic mass is 9.96. The molecule has 1 aliphatic heterocycles. The molecule has 3 aromatic rings. The number of halogens is 2. The molecule has 29 heavy (non-hydrogen) atoms.